The molecule has 0 saturated carbocycles. The van der Waals surface area contributed by atoms with E-state index in [1.807, 2.05) is 51.1 Å². The molecule has 2 aromatic heterocycles. The van der Waals surface area contributed by atoms with E-state index in [1.54, 1.807) is 9.47 Å². The van der Waals surface area contributed by atoms with Crippen LogP contribution < -0.4 is 14.4 Å². The van der Waals surface area contributed by atoms with Crippen molar-refractivity contribution >= 4 is 28.6 Å². The molecule has 3 aromatic rings. The van der Waals surface area contributed by atoms with Crippen molar-refractivity contribution in [2.45, 2.75) is 45.4 Å². The van der Waals surface area contributed by atoms with Crippen LogP contribution in [0.15, 0.2) is 36.5 Å². The number of carbonyl (C=O) groups excluding carboxylic acids is 1. The number of anilines is 1. The highest BCUT2D eigenvalue weighted by Gasteiger charge is 2.29. The lowest BCUT2D eigenvalue weighted by atomic mass is 10.2. The Hall–Kier alpha value is -4.09. The lowest BCUT2D eigenvalue weighted by Gasteiger charge is -2.36. The summed E-state index contributed by atoms with van der Waals surface area (Å²) >= 11 is 0. The summed E-state index contributed by atoms with van der Waals surface area (Å²) in [5.41, 5.74) is 0.342. The van der Waals surface area contributed by atoms with Gasteiger partial charge in [-0.1, -0.05) is 0 Å². The number of nitro groups is 1. The maximum absolute atomic E-state index is 12.3. The standard InChI is InChI=1S/C25H30N6O6/c1-25(2,3)37-24(32)29-12-10-28(11-13-29)21-7-4-17-14-18(5-6-20(17)26-21)35-16-19-8-9-30-15-22(31(33)34)27-23(30)36-19/h4-7,14-15,19H,8-13,16H2,1-3H3. The van der Waals surface area contributed by atoms with Crippen molar-refractivity contribution in [3.8, 4) is 11.8 Å². The zero-order valence-electron chi connectivity index (χ0n) is 21.1. The van der Waals surface area contributed by atoms with Crippen LogP contribution in [-0.4, -0.2) is 74.9 Å². The Bertz CT molecular complexity index is 1310. The van der Waals surface area contributed by atoms with Gasteiger partial charge >= 0.3 is 17.9 Å². The van der Waals surface area contributed by atoms with Crippen LogP contribution in [0.3, 0.4) is 0 Å². The van der Waals surface area contributed by atoms with Crippen molar-refractivity contribution in [3.63, 3.8) is 0 Å². The van der Waals surface area contributed by atoms with Crippen LogP contribution in [0.25, 0.3) is 10.9 Å². The Morgan fingerprint density at radius 3 is 2.65 bits per heavy atom. The summed E-state index contributed by atoms with van der Waals surface area (Å²) in [6, 6.07) is 9.95. The molecule has 1 aromatic carbocycles. The van der Waals surface area contributed by atoms with Gasteiger partial charge in [-0.2, -0.15) is 0 Å². The van der Waals surface area contributed by atoms with E-state index in [1.165, 1.54) is 6.20 Å². The second-order valence-electron chi connectivity index (χ2n) is 10.2. The number of pyridine rings is 1. The van der Waals surface area contributed by atoms with Crippen LogP contribution in [0.1, 0.15) is 27.2 Å². The third-order valence-electron chi connectivity index (χ3n) is 6.22. The van der Waals surface area contributed by atoms with Gasteiger partial charge in [-0.25, -0.2) is 9.78 Å². The molecule has 5 rings (SSSR count). The molecule has 0 bridgehead atoms. The van der Waals surface area contributed by atoms with Gasteiger partial charge in [0.05, 0.1) is 5.52 Å². The number of carbonyl (C=O) groups is 1. The number of benzene rings is 1. The van der Waals surface area contributed by atoms with Gasteiger partial charge in [-0.15, -0.1) is 0 Å². The van der Waals surface area contributed by atoms with E-state index in [9.17, 15) is 14.9 Å². The van der Waals surface area contributed by atoms with Crippen molar-refractivity contribution in [2.75, 3.05) is 37.7 Å². The summed E-state index contributed by atoms with van der Waals surface area (Å²) in [5, 5.41) is 11.9. The van der Waals surface area contributed by atoms with Crippen LogP contribution in [0.5, 0.6) is 11.8 Å². The van der Waals surface area contributed by atoms with E-state index in [0.717, 1.165) is 16.7 Å². The fourth-order valence-corrected chi connectivity index (χ4v) is 4.33. The summed E-state index contributed by atoms with van der Waals surface area (Å²) in [7, 11) is 0. The number of piperazine rings is 1. The third-order valence-corrected chi connectivity index (χ3v) is 6.22. The second kappa shape index (κ2) is 9.75. The highest BCUT2D eigenvalue weighted by molar-refractivity contribution is 5.82. The van der Waals surface area contributed by atoms with Crippen LogP contribution >= 0.6 is 0 Å². The second-order valence-corrected chi connectivity index (χ2v) is 10.2. The largest absolute Gasteiger partial charge is 0.490 e. The first-order valence-electron chi connectivity index (χ1n) is 12.3. The first-order chi connectivity index (χ1) is 17.6. The summed E-state index contributed by atoms with van der Waals surface area (Å²) in [6.45, 7) is 9.02. The number of amides is 1. The zero-order chi connectivity index (χ0) is 26.2. The molecular formula is C25H30N6O6. The van der Waals surface area contributed by atoms with Crippen LogP contribution in [-0.2, 0) is 11.3 Å². The van der Waals surface area contributed by atoms with Crippen LogP contribution in [0.2, 0.25) is 0 Å². The van der Waals surface area contributed by atoms with E-state index in [2.05, 4.69) is 9.88 Å². The Morgan fingerprint density at radius 1 is 1.14 bits per heavy atom. The van der Waals surface area contributed by atoms with E-state index >= 15 is 0 Å². The van der Waals surface area contributed by atoms with Gasteiger partial charge in [0.2, 0.25) is 0 Å². The maximum atomic E-state index is 12.3. The molecule has 4 heterocycles. The minimum atomic E-state index is -0.529. The van der Waals surface area contributed by atoms with Gasteiger partial charge in [0, 0.05) is 49.5 Å². The Labute approximate surface area is 213 Å². The minimum absolute atomic E-state index is 0.220. The molecule has 0 spiro atoms. The molecule has 0 radical (unpaired) electrons. The van der Waals surface area contributed by atoms with Crippen LogP contribution in [0.4, 0.5) is 16.4 Å². The van der Waals surface area contributed by atoms with Gasteiger partial charge in [0.15, 0.2) is 0 Å². The summed E-state index contributed by atoms with van der Waals surface area (Å²) in [5.74, 6) is 1.34. The van der Waals surface area contributed by atoms with E-state index < -0.39 is 10.5 Å². The molecule has 1 unspecified atom stereocenters. The number of aryl methyl sites for hydroxylation is 1. The summed E-state index contributed by atoms with van der Waals surface area (Å²) in [6.07, 6.45) is 1.53. The average Bonchev–Trinajstić information content (AvgIpc) is 3.30. The Kier molecular flexibility index (Phi) is 6.48. The molecule has 2 aliphatic rings. The first kappa shape index (κ1) is 24.6. The molecule has 1 amide bonds. The quantitative estimate of drug-likeness (QED) is 0.374. The van der Waals surface area contributed by atoms with Gasteiger partial charge < -0.3 is 34.1 Å². The van der Waals surface area contributed by atoms with Crippen molar-refractivity contribution in [2.24, 2.45) is 0 Å². The molecule has 37 heavy (non-hydrogen) atoms. The SMILES string of the molecule is CC(C)(C)OC(=O)N1CCN(c2ccc3cc(OCC4CCn5cc([N+](=O)[O-])nc5O4)ccc3n2)CC1. The van der Waals surface area contributed by atoms with E-state index in [4.69, 9.17) is 19.2 Å². The molecule has 12 nitrogen and oxygen atoms in total. The molecule has 2 aliphatic heterocycles. The topological polar surface area (TPSA) is 125 Å². The average molecular weight is 511 g/mol. The maximum Gasteiger partial charge on any atom is 0.414 e. The number of ether oxygens (including phenoxy) is 3. The van der Waals surface area contributed by atoms with Gasteiger partial charge in [-0.05, 0) is 56.0 Å². The molecule has 0 N–H and O–H groups in total. The molecule has 1 fully saturated rings. The van der Waals surface area contributed by atoms with E-state index in [-0.39, 0.29) is 24.0 Å². The molecule has 196 valence electrons. The molecule has 0 aliphatic carbocycles. The highest BCUT2D eigenvalue weighted by Crippen LogP contribution is 2.26. The first-order valence-corrected chi connectivity index (χ1v) is 12.3. The molecule has 12 heteroatoms. The number of imidazole rings is 1. The summed E-state index contributed by atoms with van der Waals surface area (Å²) < 4.78 is 18.8. The van der Waals surface area contributed by atoms with Gasteiger partial charge in [0.25, 0.3) is 0 Å². The monoisotopic (exact) mass is 510 g/mol. The third kappa shape index (κ3) is 5.68. The lowest BCUT2D eigenvalue weighted by molar-refractivity contribution is -0.389. The van der Waals surface area contributed by atoms with Crippen molar-refractivity contribution in [1.29, 1.82) is 0 Å². The fraction of sp³-hybridized carbons (Fsp3) is 0.480. The van der Waals surface area contributed by atoms with Crippen molar-refractivity contribution < 1.29 is 23.9 Å². The zero-order valence-corrected chi connectivity index (χ0v) is 21.1. The number of nitrogens with zero attached hydrogens (tertiary/aromatic N) is 6. The van der Waals surface area contributed by atoms with Gasteiger partial charge in [-0.3, -0.25) is 4.57 Å². The minimum Gasteiger partial charge on any atom is -0.490 e. The Balaban J connectivity index is 1.17. The molecule has 1 atom stereocenters. The lowest BCUT2D eigenvalue weighted by Crippen LogP contribution is -2.50. The normalized spacial score (nSPS) is 17.8. The molecule has 1 saturated heterocycles. The number of hydrogen-bond acceptors (Lipinski definition) is 9. The fourth-order valence-electron chi connectivity index (χ4n) is 4.33. The molecular weight excluding hydrogens is 480 g/mol. The number of hydrogen-bond donors (Lipinski definition) is 0. The summed E-state index contributed by atoms with van der Waals surface area (Å²) in [4.78, 5) is 35.3. The highest BCUT2D eigenvalue weighted by atomic mass is 16.6. The number of fused-ring (bicyclic) bond motifs is 2. The Morgan fingerprint density at radius 2 is 1.92 bits per heavy atom. The van der Waals surface area contributed by atoms with Gasteiger partial charge in [0.1, 0.15) is 36.1 Å². The van der Waals surface area contributed by atoms with E-state index in [0.29, 0.717) is 51.5 Å². The predicted molar refractivity (Wildman–Crippen MR) is 135 cm³/mol. The van der Waals surface area contributed by atoms with Crippen molar-refractivity contribution in [3.05, 3.63) is 46.6 Å². The predicted octanol–water partition coefficient (Wildman–Crippen LogP) is 3.63. The number of aromatic nitrogens is 3. The van der Waals surface area contributed by atoms with Crippen LogP contribution in [0, 0.1) is 10.1 Å². The smallest absolute Gasteiger partial charge is 0.414 e. The van der Waals surface area contributed by atoms with Crippen molar-refractivity contribution in [1.82, 2.24) is 19.4 Å². The number of rotatable bonds is 5.